The third-order valence-electron chi connectivity index (χ3n) is 3.63. The molecule has 20 heavy (non-hydrogen) atoms. The van der Waals surface area contributed by atoms with Gasteiger partial charge >= 0.3 is 5.97 Å². The van der Waals surface area contributed by atoms with Gasteiger partial charge in [-0.25, -0.2) is 0 Å². The fourth-order valence-electron chi connectivity index (χ4n) is 2.72. The van der Waals surface area contributed by atoms with Gasteiger partial charge in [0.15, 0.2) is 0 Å². The van der Waals surface area contributed by atoms with Crippen LogP contribution in [0, 0.1) is 11.8 Å². The van der Waals surface area contributed by atoms with Gasteiger partial charge < -0.3 is 10.0 Å². The number of carboxylic acid groups (broad SMARTS) is 1. The predicted molar refractivity (Wildman–Crippen MR) is 78.7 cm³/mol. The highest BCUT2D eigenvalue weighted by molar-refractivity contribution is 7.12. The standard InChI is InChI=1S/C15H21NO3S/c1-4-10-5-6-12(20-10)14-11(15(18)19)7-13(17)16(14)8-9(2)3/h5-6,9,11,14H,4,7-8H2,1-3H3,(H,18,19). The summed E-state index contributed by atoms with van der Waals surface area (Å²) in [4.78, 5) is 27.6. The van der Waals surface area contributed by atoms with Crippen molar-refractivity contribution < 1.29 is 14.7 Å². The molecule has 0 spiro atoms. The van der Waals surface area contributed by atoms with Crippen molar-refractivity contribution in [3.05, 3.63) is 21.9 Å². The van der Waals surface area contributed by atoms with E-state index in [1.165, 1.54) is 4.88 Å². The van der Waals surface area contributed by atoms with Crippen molar-refractivity contribution in [3.63, 3.8) is 0 Å². The Morgan fingerprint density at radius 2 is 2.20 bits per heavy atom. The lowest BCUT2D eigenvalue weighted by Crippen LogP contribution is -2.33. The summed E-state index contributed by atoms with van der Waals surface area (Å²) >= 11 is 1.63. The molecule has 0 radical (unpaired) electrons. The summed E-state index contributed by atoms with van der Waals surface area (Å²) in [6, 6.07) is 3.72. The SMILES string of the molecule is CCc1ccc(C2C(C(=O)O)CC(=O)N2CC(C)C)s1. The van der Waals surface area contributed by atoms with E-state index in [9.17, 15) is 14.7 Å². The van der Waals surface area contributed by atoms with Crippen LogP contribution in [0.2, 0.25) is 0 Å². The molecule has 2 heterocycles. The number of rotatable bonds is 5. The number of carboxylic acids is 1. The van der Waals surface area contributed by atoms with Gasteiger partial charge in [-0.15, -0.1) is 11.3 Å². The molecule has 2 atom stereocenters. The van der Waals surface area contributed by atoms with Crippen LogP contribution in [-0.4, -0.2) is 28.4 Å². The lowest BCUT2D eigenvalue weighted by atomic mass is 9.99. The molecular weight excluding hydrogens is 274 g/mol. The maximum Gasteiger partial charge on any atom is 0.309 e. The van der Waals surface area contributed by atoms with E-state index >= 15 is 0 Å². The van der Waals surface area contributed by atoms with Crippen molar-refractivity contribution >= 4 is 23.2 Å². The summed E-state index contributed by atoms with van der Waals surface area (Å²) in [6.07, 6.45) is 1.05. The molecule has 1 amide bonds. The molecule has 0 bridgehead atoms. The minimum Gasteiger partial charge on any atom is -0.481 e. The van der Waals surface area contributed by atoms with Gasteiger partial charge in [-0.2, -0.15) is 0 Å². The van der Waals surface area contributed by atoms with Gasteiger partial charge in [0.25, 0.3) is 0 Å². The summed E-state index contributed by atoms with van der Waals surface area (Å²) in [5, 5.41) is 9.40. The first-order chi connectivity index (χ1) is 9.43. The van der Waals surface area contributed by atoms with Crippen molar-refractivity contribution in [2.45, 2.75) is 39.7 Å². The molecule has 0 aliphatic carbocycles. The number of amides is 1. The predicted octanol–water partition coefficient (Wildman–Crippen LogP) is 2.94. The molecule has 5 heteroatoms. The summed E-state index contributed by atoms with van der Waals surface area (Å²) in [5.41, 5.74) is 0. The number of hydrogen-bond donors (Lipinski definition) is 1. The molecule has 2 rings (SSSR count). The Hall–Kier alpha value is -1.36. The van der Waals surface area contributed by atoms with Gasteiger partial charge in [0.05, 0.1) is 12.0 Å². The number of thiophene rings is 1. The normalized spacial score (nSPS) is 22.8. The van der Waals surface area contributed by atoms with E-state index in [1.54, 1.807) is 16.2 Å². The lowest BCUT2D eigenvalue weighted by molar-refractivity contribution is -0.142. The smallest absolute Gasteiger partial charge is 0.309 e. The zero-order chi connectivity index (χ0) is 14.9. The van der Waals surface area contributed by atoms with E-state index in [-0.39, 0.29) is 18.4 Å². The first kappa shape index (κ1) is 15.0. The highest BCUT2D eigenvalue weighted by Gasteiger charge is 2.45. The van der Waals surface area contributed by atoms with Gasteiger partial charge in [-0.1, -0.05) is 20.8 Å². The minimum atomic E-state index is -0.874. The van der Waals surface area contributed by atoms with Crippen molar-refractivity contribution in [1.29, 1.82) is 0 Å². The lowest BCUT2D eigenvalue weighted by Gasteiger charge is -2.27. The van der Waals surface area contributed by atoms with E-state index < -0.39 is 11.9 Å². The van der Waals surface area contributed by atoms with Crippen LogP contribution < -0.4 is 0 Å². The van der Waals surface area contributed by atoms with Crippen molar-refractivity contribution in [2.24, 2.45) is 11.8 Å². The molecule has 1 aromatic heterocycles. The number of aryl methyl sites for hydroxylation is 1. The number of hydrogen-bond acceptors (Lipinski definition) is 3. The fraction of sp³-hybridized carbons (Fsp3) is 0.600. The summed E-state index contributed by atoms with van der Waals surface area (Å²) in [5.74, 6) is -1.20. The van der Waals surface area contributed by atoms with Crippen molar-refractivity contribution in [2.75, 3.05) is 6.54 Å². The van der Waals surface area contributed by atoms with Crippen LogP contribution in [0.5, 0.6) is 0 Å². The van der Waals surface area contributed by atoms with E-state index in [2.05, 4.69) is 6.92 Å². The highest BCUT2D eigenvalue weighted by Crippen LogP contribution is 2.41. The topological polar surface area (TPSA) is 57.6 Å². The third kappa shape index (κ3) is 2.87. The molecule has 1 aliphatic heterocycles. The van der Waals surface area contributed by atoms with Gasteiger partial charge in [0.1, 0.15) is 0 Å². The van der Waals surface area contributed by atoms with Crippen LogP contribution in [0.1, 0.15) is 43.0 Å². The fourth-order valence-corrected chi connectivity index (χ4v) is 3.85. The van der Waals surface area contributed by atoms with Crippen LogP contribution in [-0.2, 0) is 16.0 Å². The number of carbonyl (C=O) groups is 2. The van der Waals surface area contributed by atoms with Gasteiger partial charge in [-0.3, -0.25) is 9.59 Å². The van der Waals surface area contributed by atoms with Crippen molar-refractivity contribution in [3.8, 4) is 0 Å². The second-order valence-corrected chi connectivity index (χ2v) is 6.89. The number of carbonyl (C=O) groups excluding carboxylic acids is 1. The highest BCUT2D eigenvalue weighted by atomic mass is 32.1. The Kier molecular flexibility index (Phi) is 4.48. The Labute approximate surface area is 123 Å². The molecule has 1 aromatic rings. The molecular formula is C15H21NO3S. The number of aliphatic carboxylic acids is 1. The van der Waals surface area contributed by atoms with Gasteiger partial charge in [0, 0.05) is 22.7 Å². The van der Waals surface area contributed by atoms with Crippen LogP contribution in [0.4, 0.5) is 0 Å². The monoisotopic (exact) mass is 295 g/mol. The Bertz CT molecular complexity index is 509. The van der Waals surface area contributed by atoms with Crippen molar-refractivity contribution in [1.82, 2.24) is 4.90 Å². The minimum absolute atomic E-state index is 0.0393. The largest absolute Gasteiger partial charge is 0.481 e. The Morgan fingerprint density at radius 3 is 2.70 bits per heavy atom. The number of nitrogens with zero attached hydrogens (tertiary/aromatic N) is 1. The molecule has 0 aromatic carbocycles. The second-order valence-electron chi connectivity index (χ2n) is 5.69. The maximum absolute atomic E-state index is 12.2. The van der Waals surface area contributed by atoms with Gasteiger partial charge in [-0.05, 0) is 24.5 Å². The Morgan fingerprint density at radius 1 is 1.50 bits per heavy atom. The second kappa shape index (κ2) is 5.95. The molecule has 0 saturated carbocycles. The molecule has 110 valence electrons. The average Bonchev–Trinajstić information content (AvgIpc) is 2.94. The maximum atomic E-state index is 12.2. The van der Waals surface area contributed by atoms with Crippen LogP contribution in [0.15, 0.2) is 12.1 Å². The van der Waals surface area contributed by atoms with E-state index in [4.69, 9.17) is 0 Å². The van der Waals surface area contributed by atoms with E-state index in [1.807, 2.05) is 26.0 Å². The summed E-state index contributed by atoms with van der Waals surface area (Å²) < 4.78 is 0. The molecule has 1 N–H and O–H groups in total. The summed E-state index contributed by atoms with van der Waals surface area (Å²) in [7, 11) is 0. The molecule has 2 unspecified atom stereocenters. The molecule has 1 aliphatic rings. The average molecular weight is 295 g/mol. The Balaban J connectivity index is 2.34. The quantitative estimate of drug-likeness (QED) is 0.908. The first-order valence-electron chi connectivity index (χ1n) is 7.04. The third-order valence-corrected chi connectivity index (χ3v) is 4.93. The molecule has 1 fully saturated rings. The number of likely N-dealkylation sites (tertiary alicyclic amines) is 1. The van der Waals surface area contributed by atoms with Crippen LogP contribution in [0.3, 0.4) is 0 Å². The molecule has 1 saturated heterocycles. The first-order valence-corrected chi connectivity index (χ1v) is 7.86. The molecule has 4 nitrogen and oxygen atoms in total. The van der Waals surface area contributed by atoms with Crippen LogP contribution in [0.25, 0.3) is 0 Å². The summed E-state index contributed by atoms with van der Waals surface area (Å²) in [6.45, 7) is 6.79. The zero-order valence-electron chi connectivity index (χ0n) is 12.1. The van der Waals surface area contributed by atoms with E-state index in [0.29, 0.717) is 12.5 Å². The van der Waals surface area contributed by atoms with Crippen LogP contribution >= 0.6 is 11.3 Å². The van der Waals surface area contributed by atoms with E-state index in [0.717, 1.165) is 11.3 Å². The zero-order valence-corrected chi connectivity index (χ0v) is 12.9. The van der Waals surface area contributed by atoms with Gasteiger partial charge in [0.2, 0.25) is 5.91 Å².